The van der Waals surface area contributed by atoms with Crippen LogP contribution in [0, 0.1) is 5.82 Å². The van der Waals surface area contributed by atoms with Crippen LogP contribution in [0.25, 0.3) is 5.57 Å². The number of halogens is 1. The lowest BCUT2D eigenvalue weighted by atomic mass is 9.74. The Morgan fingerprint density at radius 2 is 1.85 bits per heavy atom. The predicted octanol–water partition coefficient (Wildman–Crippen LogP) is 4.85. The van der Waals surface area contributed by atoms with Crippen LogP contribution >= 0.6 is 0 Å². The average molecular weight is 450 g/mol. The molecular formula is C27H32FN3O2. The standard InChI is InChI=1S/C27H32FN3O2/c28-22-9-3-4-10-23(22)29-27(33)30-15-5-6-16-31-24(17-30)26(25(31)18-32)21-13-11-20(12-14-21)19-7-1-2-8-19/h3-4,7,9-14,24-26,32H,1-2,5-6,8,15-18H2,(H,29,33)/t24-,25+,26+/m1/s1. The summed E-state index contributed by atoms with van der Waals surface area (Å²) in [7, 11) is 0. The van der Waals surface area contributed by atoms with E-state index in [1.165, 1.54) is 29.2 Å². The zero-order valence-corrected chi connectivity index (χ0v) is 18.9. The molecule has 0 bridgehead atoms. The van der Waals surface area contributed by atoms with Crippen LogP contribution in [0.15, 0.2) is 54.6 Å². The first-order chi connectivity index (χ1) is 16.2. The van der Waals surface area contributed by atoms with Gasteiger partial charge in [0, 0.05) is 31.1 Å². The zero-order chi connectivity index (χ0) is 22.8. The van der Waals surface area contributed by atoms with Gasteiger partial charge in [-0.3, -0.25) is 4.90 Å². The number of para-hydroxylation sites is 1. The highest BCUT2D eigenvalue weighted by Crippen LogP contribution is 2.42. The van der Waals surface area contributed by atoms with Crippen LogP contribution < -0.4 is 5.32 Å². The second kappa shape index (κ2) is 9.65. The van der Waals surface area contributed by atoms with Gasteiger partial charge >= 0.3 is 6.03 Å². The number of rotatable bonds is 4. The van der Waals surface area contributed by atoms with Crippen molar-refractivity contribution in [3.8, 4) is 0 Å². The molecule has 2 aromatic rings. The monoisotopic (exact) mass is 449 g/mol. The highest BCUT2D eigenvalue weighted by molar-refractivity contribution is 5.89. The highest BCUT2D eigenvalue weighted by Gasteiger charge is 2.49. The third kappa shape index (κ3) is 4.42. The number of nitrogens with zero attached hydrogens (tertiary/aromatic N) is 2. The number of urea groups is 1. The van der Waals surface area contributed by atoms with Gasteiger partial charge in [-0.2, -0.15) is 0 Å². The molecule has 0 aromatic heterocycles. The first-order valence-electron chi connectivity index (χ1n) is 12.1. The normalized spacial score (nSPS) is 25.5. The number of hydrogen-bond acceptors (Lipinski definition) is 3. The summed E-state index contributed by atoms with van der Waals surface area (Å²) in [6.07, 6.45) is 7.72. The van der Waals surface area contributed by atoms with E-state index in [1.807, 2.05) is 4.90 Å². The highest BCUT2D eigenvalue weighted by atomic mass is 19.1. The number of aliphatic hydroxyl groups is 1. The lowest BCUT2D eigenvalue weighted by Gasteiger charge is -2.57. The summed E-state index contributed by atoms with van der Waals surface area (Å²) in [6.45, 7) is 2.25. The molecule has 3 aliphatic rings. The first-order valence-corrected chi connectivity index (χ1v) is 12.1. The molecule has 2 fully saturated rings. The number of carbonyl (C=O) groups excluding carboxylic acids is 1. The molecule has 2 aromatic carbocycles. The lowest BCUT2D eigenvalue weighted by Crippen LogP contribution is -2.68. The van der Waals surface area contributed by atoms with E-state index < -0.39 is 5.82 Å². The largest absolute Gasteiger partial charge is 0.395 e. The number of hydrogen-bond donors (Lipinski definition) is 2. The Morgan fingerprint density at radius 1 is 1.06 bits per heavy atom. The van der Waals surface area contributed by atoms with E-state index in [9.17, 15) is 14.3 Å². The number of benzene rings is 2. The Bertz CT molecular complexity index is 1020. The fourth-order valence-electron chi connectivity index (χ4n) is 5.73. The minimum absolute atomic E-state index is 0.0705. The summed E-state index contributed by atoms with van der Waals surface area (Å²) in [5.41, 5.74) is 4.14. The molecule has 5 nitrogen and oxygen atoms in total. The minimum atomic E-state index is -0.432. The van der Waals surface area contributed by atoms with Crippen molar-refractivity contribution in [2.75, 3.05) is 31.6 Å². The molecule has 2 saturated heterocycles. The quantitative estimate of drug-likeness (QED) is 0.702. The number of carbonyl (C=O) groups is 1. The molecule has 0 saturated carbocycles. The van der Waals surface area contributed by atoms with E-state index in [-0.39, 0.29) is 36.3 Å². The van der Waals surface area contributed by atoms with Gasteiger partial charge in [0.2, 0.25) is 0 Å². The van der Waals surface area contributed by atoms with Gasteiger partial charge in [-0.1, -0.05) is 42.5 Å². The summed E-state index contributed by atoms with van der Waals surface area (Å²) >= 11 is 0. The van der Waals surface area contributed by atoms with Crippen LogP contribution in [0.1, 0.15) is 49.1 Å². The summed E-state index contributed by atoms with van der Waals surface area (Å²) < 4.78 is 14.1. The molecule has 33 heavy (non-hydrogen) atoms. The van der Waals surface area contributed by atoms with Crippen molar-refractivity contribution in [1.29, 1.82) is 0 Å². The number of nitrogens with one attached hydrogen (secondary N) is 1. The number of fused-ring (bicyclic) bond motifs is 1. The lowest BCUT2D eigenvalue weighted by molar-refractivity contribution is -0.0585. The van der Waals surface area contributed by atoms with Gasteiger partial charge in [0.15, 0.2) is 0 Å². The molecule has 3 atom stereocenters. The number of anilines is 1. The van der Waals surface area contributed by atoms with Gasteiger partial charge in [0.25, 0.3) is 0 Å². The van der Waals surface area contributed by atoms with Crippen molar-refractivity contribution >= 4 is 17.3 Å². The maximum absolute atomic E-state index is 14.1. The van der Waals surface area contributed by atoms with E-state index in [4.69, 9.17) is 0 Å². The molecule has 2 amide bonds. The Labute approximate surface area is 194 Å². The van der Waals surface area contributed by atoms with Gasteiger partial charge in [-0.05, 0) is 67.5 Å². The van der Waals surface area contributed by atoms with E-state index in [0.717, 1.165) is 32.2 Å². The Morgan fingerprint density at radius 3 is 2.58 bits per heavy atom. The first kappa shape index (κ1) is 22.1. The minimum Gasteiger partial charge on any atom is -0.395 e. The molecule has 2 heterocycles. The molecule has 0 radical (unpaired) electrons. The topological polar surface area (TPSA) is 55.8 Å². The van der Waals surface area contributed by atoms with Crippen LogP contribution in [-0.2, 0) is 0 Å². The average Bonchev–Trinajstić information content (AvgIpc) is 3.35. The van der Waals surface area contributed by atoms with Crippen molar-refractivity contribution in [2.24, 2.45) is 0 Å². The van der Waals surface area contributed by atoms with Gasteiger partial charge in [-0.15, -0.1) is 0 Å². The van der Waals surface area contributed by atoms with Gasteiger partial charge in [0.1, 0.15) is 5.82 Å². The Balaban J connectivity index is 1.34. The van der Waals surface area contributed by atoms with Gasteiger partial charge in [0.05, 0.1) is 12.3 Å². The molecule has 1 aliphatic carbocycles. The smallest absolute Gasteiger partial charge is 0.321 e. The fraction of sp³-hybridized carbons (Fsp3) is 0.444. The van der Waals surface area contributed by atoms with Crippen LogP contribution in [0.3, 0.4) is 0 Å². The molecule has 2 N–H and O–H groups in total. The van der Waals surface area contributed by atoms with E-state index in [0.29, 0.717) is 13.1 Å². The van der Waals surface area contributed by atoms with Gasteiger partial charge < -0.3 is 15.3 Å². The van der Waals surface area contributed by atoms with Crippen LogP contribution in [0.2, 0.25) is 0 Å². The SMILES string of the molecule is O=C(Nc1ccccc1F)N1CCCCN2[C@H](C1)[C@H](c1ccc(C3=CCCC3)cc1)[C@@H]2CO. The third-order valence-electron chi connectivity index (χ3n) is 7.48. The molecule has 2 aliphatic heterocycles. The van der Waals surface area contributed by atoms with E-state index in [2.05, 4.69) is 40.6 Å². The summed E-state index contributed by atoms with van der Waals surface area (Å²) in [6, 6.07) is 15.0. The second-order valence-electron chi connectivity index (χ2n) is 9.39. The van der Waals surface area contributed by atoms with E-state index in [1.54, 1.807) is 18.2 Å². The maximum atomic E-state index is 14.1. The predicted molar refractivity (Wildman–Crippen MR) is 129 cm³/mol. The van der Waals surface area contributed by atoms with Crippen LogP contribution in [0.5, 0.6) is 0 Å². The molecule has 174 valence electrons. The van der Waals surface area contributed by atoms with Crippen molar-refractivity contribution in [2.45, 2.75) is 50.1 Å². The zero-order valence-electron chi connectivity index (χ0n) is 18.9. The molecule has 0 unspecified atom stereocenters. The summed E-state index contributed by atoms with van der Waals surface area (Å²) in [5.74, 6) is -0.262. The van der Waals surface area contributed by atoms with Crippen molar-refractivity contribution < 1.29 is 14.3 Å². The third-order valence-corrected chi connectivity index (χ3v) is 7.48. The van der Waals surface area contributed by atoms with Crippen LogP contribution in [0.4, 0.5) is 14.9 Å². The van der Waals surface area contributed by atoms with Crippen LogP contribution in [-0.4, -0.2) is 59.3 Å². The number of allylic oxidation sites excluding steroid dienone is 2. The van der Waals surface area contributed by atoms with E-state index >= 15 is 0 Å². The molecule has 6 heteroatoms. The summed E-state index contributed by atoms with van der Waals surface area (Å²) in [5, 5.41) is 12.9. The van der Waals surface area contributed by atoms with Crippen molar-refractivity contribution in [3.05, 3.63) is 71.6 Å². The molecule has 5 rings (SSSR count). The fourth-order valence-corrected chi connectivity index (χ4v) is 5.73. The maximum Gasteiger partial charge on any atom is 0.321 e. The Kier molecular flexibility index (Phi) is 6.47. The van der Waals surface area contributed by atoms with Crippen molar-refractivity contribution in [1.82, 2.24) is 9.80 Å². The molecule has 0 spiro atoms. The van der Waals surface area contributed by atoms with Crippen molar-refractivity contribution in [3.63, 3.8) is 0 Å². The Hall–Kier alpha value is -2.70. The summed E-state index contributed by atoms with van der Waals surface area (Å²) in [4.78, 5) is 17.2. The number of aliphatic hydroxyl groups excluding tert-OH is 1. The van der Waals surface area contributed by atoms with Gasteiger partial charge in [-0.25, -0.2) is 9.18 Å². The molecular weight excluding hydrogens is 417 g/mol. The number of amides is 2. The second-order valence-corrected chi connectivity index (χ2v) is 9.39.